The third-order valence-electron chi connectivity index (χ3n) is 6.22. The number of hydrogen-bond acceptors (Lipinski definition) is 3. The van der Waals surface area contributed by atoms with E-state index in [2.05, 4.69) is 37.3 Å². The molecule has 2 aromatic rings. The van der Waals surface area contributed by atoms with E-state index in [0.29, 0.717) is 5.56 Å². The quantitative estimate of drug-likeness (QED) is 0.315. The first kappa shape index (κ1) is 21.8. The number of methoxy groups -OCH3 is 1. The van der Waals surface area contributed by atoms with Crippen LogP contribution in [0, 0.1) is 17.2 Å². The summed E-state index contributed by atoms with van der Waals surface area (Å²) in [6, 6.07) is 17.2. The van der Waals surface area contributed by atoms with Crippen LogP contribution in [0.5, 0.6) is 5.75 Å². The van der Waals surface area contributed by atoms with Crippen LogP contribution in [0.4, 0.5) is 0 Å². The van der Waals surface area contributed by atoms with Crippen LogP contribution in [0.3, 0.4) is 0 Å². The Morgan fingerprint density at radius 2 is 1.79 bits per heavy atom. The Balaban J connectivity index is 1.50. The lowest BCUT2D eigenvalue weighted by Gasteiger charge is -2.29. The molecule has 0 saturated heterocycles. The van der Waals surface area contributed by atoms with E-state index in [1.165, 1.54) is 62.5 Å². The van der Waals surface area contributed by atoms with Gasteiger partial charge in [-0.15, -0.1) is 11.8 Å². The summed E-state index contributed by atoms with van der Waals surface area (Å²) in [5, 5.41) is 9.38. The molecule has 0 aromatic heterocycles. The molecule has 154 valence electrons. The molecule has 0 aliphatic heterocycles. The lowest BCUT2D eigenvalue weighted by molar-refractivity contribution is 0.303. The molecule has 2 aromatic carbocycles. The molecule has 29 heavy (non-hydrogen) atoms. The normalized spacial score (nSPS) is 18.9. The van der Waals surface area contributed by atoms with E-state index >= 15 is 0 Å². The molecule has 1 fully saturated rings. The largest absolute Gasteiger partial charge is 0.497 e. The number of nitrogens with zero attached hydrogens (tertiary/aromatic N) is 1. The van der Waals surface area contributed by atoms with Gasteiger partial charge in [-0.2, -0.15) is 5.26 Å². The minimum absolute atomic E-state index is 0.682. The SMILES string of the molecule is CCCCC[C@H]1CC[C@H](c2ccc(CSc3ccc(OC)cc3C#N)cc2)CC1. The van der Waals surface area contributed by atoms with Crippen molar-refractivity contribution in [3.63, 3.8) is 0 Å². The molecule has 0 heterocycles. The average molecular weight is 408 g/mol. The Morgan fingerprint density at radius 3 is 2.45 bits per heavy atom. The summed E-state index contributed by atoms with van der Waals surface area (Å²) in [4.78, 5) is 1.01. The molecule has 1 aliphatic rings. The van der Waals surface area contributed by atoms with Gasteiger partial charge >= 0.3 is 0 Å². The van der Waals surface area contributed by atoms with Crippen molar-refractivity contribution in [1.82, 2.24) is 0 Å². The van der Waals surface area contributed by atoms with Gasteiger partial charge in [-0.25, -0.2) is 0 Å². The molecule has 3 rings (SSSR count). The average Bonchev–Trinajstić information content (AvgIpc) is 2.78. The first-order valence-corrected chi connectivity index (χ1v) is 12.0. The number of unbranched alkanes of at least 4 members (excludes halogenated alkanes) is 2. The lowest BCUT2D eigenvalue weighted by atomic mass is 9.77. The van der Waals surface area contributed by atoms with E-state index in [1.54, 1.807) is 18.9 Å². The lowest BCUT2D eigenvalue weighted by Crippen LogP contribution is -2.13. The first-order chi connectivity index (χ1) is 14.2. The number of ether oxygens (including phenoxy) is 1. The highest BCUT2D eigenvalue weighted by atomic mass is 32.2. The molecule has 0 unspecified atom stereocenters. The zero-order chi connectivity index (χ0) is 20.5. The molecular formula is C26H33NOS. The van der Waals surface area contributed by atoms with E-state index in [0.717, 1.165) is 28.2 Å². The van der Waals surface area contributed by atoms with E-state index in [4.69, 9.17) is 4.74 Å². The topological polar surface area (TPSA) is 33.0 Å². The number of thioether (sulfide) groups is 1. The number of hydrogen-bond donors (Lipinski definition) is 0. The maximum Gasteiger partial charge on any atom is 0.120 e. The predicted molar refractivity (Wildman–Crippen MR) is 123 cm³/mol. The Kier molecular flexibility index (Phi) is 8.50. The fourth-order valence-electron chi connectivity index (χ4n) is 4.36. The summed E-state index contributed by atoms with van der Waals surface area (Å²) in [6.45, 7) is 2.29. The standard InChI is InChI=1S/C26H33NOS/c1-3-4-5-6-20-7-11-22(12-8-20)23-13-9-21(10-14-23)19-29-26-16-15-25(28-2)17-24(26)18-27/h9-10,13-17,20,22H,3-8,11-12,19H2,1-2H3/t20-,22-. The highest BCUT2D eigenvalue weighted by Gasteiger charge is 2.22. The van der Waals surface area contributed by atoms with Crippen LogP contribution in [0.15, 0.2) is 47.4 Å². The van der Waals surface area contributed by atoms with Crippen LogP contribution in [-0.2, 0) is 5.75 Å². The van der Waals surface area contributed by atoms with Gasteiger partial charge < -0.3 is 4.74 Å². The first-order valence-electron chi connectivity index (χ1n) is 11.0. The third-order valence-corrected chi connectivity index (χ3v) is 7.36. The molecule has 2 nitrogen and oxygen atoms in total. The highest BCUT2D eigenvalue weighted by Crippen LogP contribution is 2.38. The summed E-state index contributed by atoms with van der Waals surface area (Å²) in [6.07, 6.45) is 11.1. The van der Waals surface area contributed by atoms with E-state index in [9.17, 15) is 5.26 Å². The van der Waals surface area contributed by atoms with Gasteiger partial charge in [-0.1, -0.05) is 56.9 Å². The second-order valence-electron chi connectivity index (χ2n) is 8.22. The summed E-state index contributed by atoms with van der Waals surface area (Å²) >= 11 is 1.72. The predicted octanol–water partition coefficient (Wildman–Crippen LogP) is 7.71. The smallest absolute Gasteiger partial charge is 0.120 e. The van der Waals surface area contributed by atoms with Gasteiger partial charge in [0.15, 0.2) is 0 Å². The van der Waals surface area contributed by atoms with Crippen LogP contribution < -0.4 is 4.74 Å². The van der Waals surface area contributed by atoms with Gasteiger partial charge in [-0.05, 0) is 66.8 Å². The third kappa shape index (κ3) is 6.28. The van der Waals surface area contributed by atoms with Gasteiger partial charge in [-0.3, -0.25) is 0 Å². The summed E-state index contributed by atoms with van der Waals surface area (Å²) in [5.74, 6) is 3.32. The van der Waals surface area contributed by atoms with Crippen molar-refractivity contribution < 1.29 is 4.74 Å². The fourth-order valence-corrected chi connectivity index (χ4v) is 5.30. The molecule has 0 radical (unpaired) electrons. The fraction of sp³-hybridized carbons (Fsp3) is 0.500. The van der Waals surface area contributed by atoms with Gasteiger partial charge in [0.1, 0.15) is 11.8 Å². The zero-order valence-electron chi connectivity index (χ0n) is 17.8. The second kappa shape index (κ2) is 11.3. The summed E-state index contributed by atoms with van der Waals surface area (Å²) < 4.78 is 5.22. The molecule has 0 amide bonds. The van der Waals surface area contributed by atoms with Crippen molar-refractivity contribution in [2.45, 2.75) is 74.9 Å². The van der Waals surface area contributed by atoms with Crippen LogP contribution in [0.1, 0.15) is 80.9 Å². The van der Waals surface area contributed by atoms with E-state index < -0.39 is 0 Å². The minimum atomic E-state index is 0.682. The Bertz CT molecular complexity index is 800. The van der Waals surface area contributed by atoms with Crippen molar-refractivity contribution in [2.24, 2.45) is 5.92 Å². The second-order valence-corrected chi connectivity index (χ2v) is 9.23. The van der Waals surface area contributed by atoms with Crippen LogP contribution in [0.2, 0.25) is 0 Å². The maximum absolute atomic E-state index is 9.38. The molecule has 0 atom stereocenters. The maximum atomic E-state index is 9.38. The molecule has 1 aliphatic carbocycles. The van der Waals surface area contributed by atoms with Crippen molar-refractivity contribution >= 4 is 11.8 Å². The van der Waals surface area contributed by atoms with Crippen molar-refractivity contribution in [3.8, 4) is 11.8 Å². The summed E-state index contributed by atoms with van der Waals surface area (Å²) in [5.41, 5.74) is 3.50. The molecule has 0 spiro atoms. The Morgan fingerprint density at radius 1 is 1.03 bits per heavy atom. The van der Waals surface area contributed by atoms with Crippen molar-refractivity contribution in [2.75, 3.05) is 7.11 Å². The van der Waals surface area contributed by atoms with Gasteiger partial charge in [0.05, 0.1) is 12.7 Å². The zero-order valence-corrected chi connectivity index (χ0v) is 18.6. The highest BCUT2D eigenvalue weighted by molar-refractivity contribution is 7.98. The molecule has 0 N–H and O–H groups in total. The molecule has 1 saturated carbocycles. The summed E-state index contributed by atoms with van der Waals surface area (Å²) in [7, 11) is 1.63. The van der Waals surface area contributed by atoms with Crippen LogP contribution in [0.25, 0.3) is 0 Å². The van der Waals surface area contributed by atoms with E-state index in [-0.39, 0.29) is 0 Å². The van der Waals surface area contributed by atoms with Gasteiger partial charge in [0, 0.05) is 10.6 Å². The monoisotopic (exact) mass is 407 g/mol. The Labute approximate surface area is 180 Å². The van der Waals surface area contributed by atoms with Gasteiger partial charge in [0.25, 0.3) is 0 Å². The van der Waals surface area contributed by atoms with Crippen molar-refractivity contribution in [1.29, 1.82) is 5.26 Å². The molecular weight excluding hydrogens is 374 g/mol. The molecule has 3 heteroatoms. The number of benzene rings is 2. The minimum Gasteiger partial charge on any atom is -0.497 e. The number of rotatable bonds is 9. The van der Waals surface area contributed by atoms with Crippen LogP contribution in [-0.4, -0.2) is 7.11 Å². The van der Waals surface area contributed by atoms with Gasteiger partial charge in [0.2, 0.25) is 0 Å². The van der Waals surface area contributed by atoms with E-state index in [1.807, 2.05) is 18.2 Å². The van der Waals surface area contributed by atoms with Crippen LogP contribution >= 0.6 is 11.8 Å². The number of nitriles is 1. The molecule has 0 bridgehead atoms. The van der Waals surface area contributed by atoms with Crippen molar-refractivity contribution in [3.05, 3.63) is 59.2 Å². The Hall–Kier alpha value is -1.92.